The highest BCUT2D eigenvalue weighted by molar-refractivity contribution is 7.98. The molecule has 24 heavy (non-hydrogen) atoms. The molecule has 0 unspecified atom stereocenters. The molecular formula is C17H19N5OS. The Labute approximate surface area is 144 Å². The molecule has 0 atom stereocenters. The van der Waals surface area contributed by atoms with Gasteiger partial charge in [-0.15, -0.1) is 0 Å². The number of nitrogens with zero attached hydrogens (tertiary/aromatic N) is 3. The van der Waals surface area contributed by atoms with Crippen molar-refractivity contribution < 1.29 is 4.79 Å². The van der Waals surface area contributed by atoms with Crippen LogP contribution in [0.2, 0.25) is 0 Å². The number of imidazole rings is 1. The molecule has 2 aromatic heterocycles. The first kappa shape index (κ1) is 16.3. The van der Waals surface area contributed by atoms with Crippen LogP contribution in [0.15, 0.2) is 47.8 Å². The Morgan fingerprint density at radius 1 is 1.29 bits per heavy atom. The Hall–Kier alpha value is -2.54. The molecule has 0 aliphatic rings. The van der Waals surface area contributed by atoms with Crippen molar-refractivity contribution in [3.63, 3.8) is 0 Å². The minimum absolute atomic E-state index is 0.242. The second kappa shape index (κ2) is 6.92. The molecule has 6 nitrogen and oxygen atoms in total. The topological polar surface area (TPSA) is 75.6 Å². The maximum Gasteiger partial charge on any atom is 0.275 e. The molecule has 2 heterocycles. The van der Waals surface area contributed by atoms with Crippen LogP contribution in [0, 0.1) is 0 Å². The first-order chi connectivity index (χ1) is 11.6. The standard InChI is InChI=1S/C17H19N5OS/c1-11(2)13-9-15(21-20-13)19-16(23)14-10-18-17(24-3)22(14)12-7-5-4-6-8-12/h4-11H,1-3H3,(H2,19,20,21,23). The van der Waals surface area contributed by atoms with E-state index in [4.69, 9.17) is 0 Å². The fourth-order valence-corrected chi connectivity index (χ4v) is 2.89. The van der Waals surface area contributed by atoms with Crippen LogP contribution in [-0.4, -0.2) is 31.9 Å². The average Bonchev–Trinajstić information content (AvgIpc) is 3.22. The van der Waals surface area contributed by atoms with Gasteiger partial charge in [0.1, 0.15) is 5.69 Å². The zero-order chi connectivity index (χ0) is 17.1. The van der Waals surface area contributed by atoms with Crippen molar-refractivity contribution in [3.8, 4) is 5.69 Å². The molecule has 3 aromatic rings. The van der Waals surface area contributed by atoms with Gasteiger partial charge in [-0.3, -0.25) is 14.5 Å². The van der Waals surface area contributed by atoms with E-state index in [2.05, 4.69) is 34.3 Å². The lowest BCUT2D eigenvalue weighted by Crippen LogP contribution is -2.17. The molecule has 0 saturated carbocycles. The van der Waals surface area contributed by atoms with E-state index in [1.807, 2.05) is 47.2 Å². The maximum atomic E-state index is 12.7. The fraction of sp³-hybridized carbons (Fsp3) is 0.235. The zero-order valence-electron chi connectivity index (χ0n) is 13.8. The van der Waals surface area contributed by atoms with Crippen molar-refractivity contribution in [2.24, 2.45) is 0 Å². The summed E-state index contributed by atoms with van der Waals surface area (Å²) in [6.07, 6.45) is 3.52. The monoisotopic (exact) mass is 341 g/mol. The highest BCUT2D eigenvalue weighted by atomic mass is 32.2. The number of benzene rings is 1. The quantitative estimate of drug-likeness (QED) is 0.694. The number of rotatable bonds is 5. The van der Waals surface area contributed by atoms with Crippen LogP contribution in [0.5, 0.6) is 0 Å². The molecule has 1 amide bonds. The lowest BCUT2D eigenvalue weighted by Gasteiger charge is -2.10. The van der Waals surface area contributed by atoms with Crippen LogP contribution in [0.3, 0.4) is 0 Å². The Kier molecular flexibility index (Phi) is 4.71. The van der Waals surface area contributed by atoms with Crippen molar-refractivity contribution in [2.45, 2.75) is 24.9 Å². The predicted octanol–water partition coefficient (Wildman–Crippen LogP) is 3.69. The first-order valence-electron chi connectivity index (χ1n) is 7.64. The SMILES string of the molecule is CSc1ncc(C(=O)Nc2cc(C(C)C)[nH]n2)n1-c1ccccc1. The van der Waals surface area contributed by atoms with Crippen LogP contribution < -0.4 is 5.32 Å². The normalized spacial score (nSPS) is 11.0. The summed E-state index contributed by atoms with van der Waals surface area (Å²) in [4.78, 5) is 17.0. The van der Waals surface area contributed by atoms with Crippen LogP contribution in [-0.2, 0) is 0 Å². The molecule has 0 fully saturated rings. The number of nitrogens with one attached hydrogen (secondary N) is 2. The Balaban J connectivity index is 1.91. The highest BCUT2D eigenvalue weighted by Gasteiger charge is 2.18. The van der Waals surface area contributed by atoms with Crippen molar-refractivity contribution in [1.29, 1.82) is 0 Å². The third-order valence-electron chi connectivity index (χ3n) is 3.62. The lowest BCUT2D eigenvalue weighted by molar-refractivity contribution is 0.101. The molecule has 0 saturated heterocycles. The van der Waals surface area contributed by atoms with Crippen molar-refractivity contribution in [2.75, 3.05) is 11.6 Å². The molecule has 2 N–H and O–H groups in total. The van der Waals surface area contributed by atoms with Gasteiger partial charge < -0.3 is 5.32 Å². The Bertz CT molecular complexity index is 838. The average molecular weight is 341 g/mol. The summed E-state index contributed by atoms with van der Waals surface area (Å²) >= 11 is 1.49. The smallest absolute Gasteiger partial charge is 0.275 e. The second-order valence-corrected chi connectivity index (χ2v) is 6.39. The molecule has 0 bridgehead atoms. The fourth-order valence-electron chi connectivity index (χ4n) is 2.34. The van der Waals surface area contributed by atoms with E-state index < -0.39 is 0 Å². The minimum atomic E-state index is -0.242. The van der Waals surface area contributed by atoms with E-state index in [-0.39, 0.29) is 5.91 Å². The number of thioether (sulfide) groups is 1. The molecule has 0 aliphatic carbocycles. The van der Waals surface area contributed by atoms with Gasteiger partial charge >= 0.3 is 0 Å². The van der Waals surface area contributed by atoms with Gasteiger partial charge in [0.25, 0.3) is 5.91 Å². The van der Waals surface area contributed by atoms with Crippen molar-refractivity contribution >= 4 is 23.5 Å². The minimum Gasteiger partial charge on any atom is -0.304 e. The molecule has 0 radical (unpaired) electrons. The van der Waals surface area contributed by atoms with Gasteiger partial charge in [-0.1, -0.05) is 43.8 Å². The lowest BCUT2D eigenvalue weighted by atomic mass is 10.1. The summed E-state index contributed by atoms with van der Waals surface area (Å²) in [7, 11) is 0. The van der Waals surface area contributed by atoms with Gasteiger partial charge in [0, 0.05) is 17.4 Å². The number of aromatic amines is 1. The molecular weight excluding hydrogens is 322 g/mol. The van der Waals surface area contributed by atoms with Crippen LogP contribution in [0.1, 0.15) is 35.9 Å². The number of anilines is 1. The van der Waals surface area contributed by atoms with E-state index in [9.17, 15) is 4.79 Å². The number of para-hydroxylation sites is 1. The molecule has 1 aromatic carbocycles. The number of amides is 1. The van der Waals surface area contributed by atoms with Crippen molar-refractivity contribution in [3.05, 3.63) is 54.0 Å². The summed E-state index contributed by atoms with van der Waals surface area (Å²) in [6, 6.07) is 11.6. The number of hydrogen-bond donors (Lipinski definition) is 2. The van der Waals surface area contributed by atoms with Gasteiger partial charge in [0.05, 0.1) is 6.20 Å². The van der Waals surface area contributed by atoms with Crippen LogP contribution in [0.4, 0.5) is 5.82 Å². The van der Waals surface area contributed by atoms with E-state index >= 15 is 0 Å². The van der Waals surface area contributed by atoms with E-state index in [1.165, 1.54) is 11.8 Å². The van der Waals surface area contributed by atoms with Gasteiger partial charge in [-0.05, 0) is 24.3 Å². The van der Waals surface area contributed by atoms with Crippen LogP contribution in [0.25, 0.3) is 5.69 Å². The van der Waals surface area contributed by atoms with Gasteiger partial charge in [0.2, 0.25) is 0 Å². The Morgan fingerprint density at radius 3 is 2.67 bits per heavy atom. The number of hydrogen-bond acceptors (Lipinski definition) is 4. The summed E-state index contributed by atoms with van der Waals surface area (Å²) in [5.74, 6) is 0.588. The molecule has 7 heteroatoms. The summed E-state index contributed by atoms with van der Waals surface area (Å²) in [5.41, 5.74) is 2.35. The van der Waals surface area contributed by atoms with Crippen LogP contribution >= 0.6 is 11.8 Å². The number of aromatic nitrogens is 4. The van der Waals surface area contributed by atoms with Gasteiger partial charge in [0.15, 0.2) is 11.0 Å². The Morgan fingerprint density at radius 2 is 2.04 bits per heavy atom. The largest absolute Gasteiger partial charge is 0.304 e. The van der Waals surface area contributed by atoms with Gasteiger partial charge in [-0.25, -0.2) is 4.98 Å². The molecule has 3 rings (SSSR count). The molecule has 0 spiro atoms. The molecule has 124 valence electrons. The van der Waals surface area contributed by atoms with E-state index in [1.54, 1.807) is 6.20 Å². The highest BCUT2D eigenvalue weighted by Crippen LogP contribution is 2.22. The van der Waals surface area contributed by atoms with E-state index in [0.717, 1.165) is 16.5 Å². The summed E-state index contributed by atoms with van der Waals surface area (Å²) < 4.78 is 1.84. The number of carbonyl (C=O) groups excluding carboxylic acids is 1. The second-order valence-electron chi connectivity index (χ2n) is 5.62. The number of carbonyl (C=O) groups is 1. The number of H-pyrrole nitrogens is 1. The third kappa shape index (κ3) is 3.21. The third-order valence-corrected chi connectivity index (χ3v) is 4.27. The summed E-state index contributed by atoms with van der Waals surface area (Å²) in [6.45, 7) is 4.13. The first-order valence-corrected chi connectivity index (χ1v) is 8.86. The van der Waals surface area contributed by atoms with E-state index in [0.29, 0.717) is 17.4 Å². The molecule has 0 aliphatic heterocycles. The maximum absolute atomic E-state index is 12.7. The van der Waals surface area contributed by atoms with Crippen molar-refractivity contribution in [1.82, 2.24) is 19.7 Å². The predicted molar refractivity (Wildman–Crippen MR) is 96.0 cm³/mol. The summed E-state index contributed by atoms with van der Waals surface area (Å²) in [5, 5.41) is 10.7. The zero-order valence-corrected chi connectivity index (χ0v) is 14.6. The van der Waals surface area contributed by atoms with Gasteiger partial charge in [-0.2, -0.15) is 5.10 Å².